The van der Waals surface area contributed by atoms with Gasteiger partial charge in [-0.05, 0) is 44.4 Å². The van der Waals surface area contributed by atoms with Crippen LogP contribution in [0.15, 0.2) is 18.2 Å². The van der Waals surface area contributed by atoms with E-state index in [1.165, 1.54) is 31.7 Å². The molecule has 0 amide bonds. The van der Waals surface area contributed by atoms with Gasteiger partial charge in [-0.25, -0.2) is 0 Å². The van der Waals surface area contributed by atoms with E-state index in [1.807, 2.05) is 6.92 Å². The number of hydrogen-bond acceptors (Lipinski definition) is 4. The second-order valence-electron chi connectivity index (χ2n) is 7.13. The van der Waals surface area contributed by atoms with Gasteiger partial charge in [0, 0.05) is 6.61 Å². The number of aliphatic hydroxyl groups excluding tert-OH is 1. The van der Waals surface area contributed by atoms with Crippen molar-refractivity contribution in [3.63, 3.8) is 0 Å². The maximum atomic E-state index is 12.3. The minimum atomic E-state index is -0.428. The highest BCUT2D eigenvalue weighted by Gasteiger charge is 2.36. The topological polar surface area (TPSA) is 66.8 Å². The molecule has 0 saturated carbocycles. The number of ether oxygens (including phenoxy) is 1. The first kappa shape index (κ1) is 18.8. The number of benzene rings is 1. The van der Waals surface area contributed by atoms with Crippen LogP contribution >= 0.6 is 0 Å². The SMILES string of the molecule is CC1(CCCCCCCCCCO)CC(=O)c2cc(O)ccc2O1. The van der Waals surface area contributed by atoms with Crippen molar-refractivity contribution in [1.82, 2.24) is 0 Å². The maximum absolute atomic E-state index is 12.3. The van der Waals surface area contributed by atoms with Crippen molar-refractivity contribution in [3.05, 3.63) is 23.8 Å². The van der Waals surface area contributed by atoms with Gasteiger partial charge in [0.25, 0.3) is 0 Å². The molecule has 0 bridgehead atoms. The molecule has 4 heteroatoms. The molecule has 134 valence electrons. The number of hydrogen-bond donors (Lipinski definition) is 2. The van der Waals surface area contributed by atoms with Crippen molar-refractivity contribution >= 4 is 5.78 Å². The van der Waals surface area contributed by atoms with Crippen LogP contribution in [-0.2, 0) is 0 Å². The third kappa shape index (κ3) is 5.52. The number of phenolic OH excluding ortho intramolecular Hbond substituents is 1. The first-order valence-electron chi connectivity index (χ1n) is 9.20. The summed E-state index contributed by atoms with van der Waals surface area (Å²) in [5.41, 5.74) is 0.0673. The number of fused-ring (bicyclic) bond motifs is 1. The van der Waals surface area contributed by atoms with Gasteiger partial charge in [0.2, 0.25) is 0 Å². The van der Waals surface area contributed by atoms with Crippen LogP contribution in [0.3, 0.4) is 0 Å². The third-order valence-corrected chi connectivity index (χ3v) is 4.77. The Morgan fingerprint density at radius 2 is 1.67 bits per heavy atom. The van der Waals surface area contributed by atoms with E-state index in [0.29, 0.717) is 24.3 Å². The lowest BCUT2D eigenvalue weighted by Crippen LogP contribution is -2.39. The predicted octanol–water partition coefficient (Wildman–Crippen LogP) is 4.62. The monoisotopic (exact) mass is 334 g/mol. The minimum Gasteiger partial charge on any atom is -0.508 e. The highest BCUT2D eigenvalue weighted by molar-refractivity contribution is 6.00. The number of rotatable bonds is 10. The van der Waals surface area contributed by atoms with E-state index in [4.69, 9.17) is 9.84 Å². The lowest BCUT2D eigenvalue weighted by atomic mass is 9.87. The average molecular weight is 334 g/mol. The molecule has 1 aliphatic rings. The van der Waals surface area contributed by atoms with Gasteiger partial charge in [-0.2, -0.15) is 0 Å². The van der Waals surface area contributed by atoms with Gasteiger partial charge >= 0.3 is 0 Å². The Hall–Kier alpha value is -1.55. The lowest BCUT2D eigenvalue weighted by molar-refractivity contribution is 0.0452. The average Bonchev–Trinajstić information content (AvgIpc) is 2.54. The Morgan fingerprint density at radius 3 is 2.33 bits per heavy atom. The predicted molar refractivity (Wildman–Crippen MR) is 94.7 cm³/mol. The molecule has 1 atom stereocenters. The van der Waals surface area contributed by atoms with Crippen LogP contribution in [-0.4, -0.2) is 28.2 Å². The van der Waals surface area contributed by atoms with E-state index in [2.05, 4.69) is 0 Å². The Morgan fingerprint density at radius 1 is 1.04 bits per heavy atom. The molecule has 1 aliphatic heterocycles. The van der Waals surface area contributed by atoms with Crippen LogP contribution in [0.1, 0.15) is 81.5 Å². The van der Waals surface area contributed by atoms with Crippen LogP contribution in [0.4, 0.5) is 0 Å². The summed E-state index contributed by atoms with van der Waals surface area (Å²) in [5, 5.41) is 18.2. The number of carbonyl (C=O) groups is 1. The Kier molecular flexibility index (Phi) is 7.10. The van der Waals surface area contributed by atoms with Gasteiger partial charge in [-0.1, -0.05) is 38.5 Å². The number of aromatic hydroxyl groups is 1. The zero-order chi connectivity index (χ0) is 17.4. The van der Waals surface area contributed by atoms with E-state index in [1.54, 1.807) is 12.1 Å². The van der Waals surface area contributed by atoms with Gasteiger partial charge in [0.15, 0.2) is 5.78 Å². The van der Waals surface area contributed by atoms with Crippen LogP contribution in [0.5, 0.6) is 11.5 Å². The molecule has 0 fully saturated rings. The lowest BCUT2D eigenvalue weighted by Gasteiger charge is -2.35. The van der Waals surface area contributed by atoms with Gasteiger partial charge in [-0.15, -0.1) is 0 Å². The largest absolute Gasteiger partial charge is 0.508 e. The molecule has 1 heterocycles. The van der Waals surface area contributed by atoms with Crippen molar-refractivity contribution in [1.29, 1.82) is 0 Å². The van der Waals surface area contributed by atoms with Crippen molar-refractivity contribution < 1.29 is 19.7 Å². The Balaban J connectivity index is 1.69. The second kappa shape index (κ2) is 9.07. The standard InChI is InChI=1S/C20H30O4/c1-20(12-8-6-4-2-3-5-7-9-13-21)15-18(23)17-14-16(22)10-11-19(17)24-20/h10-11,14,21-22H,2-9,12-13,15H2,1H3. The van der Waals surface area contributed by atoms with Crippen molar-refractivity contribution in [2.75, 3.05) is 6.61 Å². The number of phenols is 1. The maximum Gasteiger partial charge on any atom is 0.170 e. The highest BCUT2D eigenvalue weighted by Crippen LogP contribution is 2.37. The Bertz CT molecular complexity index is 540. The first-order chi connectivity index (χ1) is 11.5. The summed E-state index contributed by atoms with van der Waals surface area (Å²) in [4.78, 5) is 12.3. The molecule has 2 N–H and O–H groups in total. The van der Waals surface area contributed by atoms with E-state index in [9.17, 15) is 9.90 Å². The molecule has 24 heavy (non-hydrogen) atoms. The number of Topliss-reactive ketones (excluding diaryl/α,β-unsaturated/α-hetero) is 1. The summed E-state index contributed by atoms with van der Waals surface area (Å²) in [6.07, 6.45) is 10.4. The molecule has 0 aromatic heterocycles. The third-order valence-electron chi connectivity index (χ3n) is 4.77. The fourth-order valence-electron chi connectivity index (χ4n) is 3.37. The summed E-state index contributed by atoms with van der Waals surface area (Å²) in [6, 6.07) is 4.75. The quantitative estimate of drug-likeness (QED) is 0.613. The summed E-state index contributed by atoms with van der Waals surface area (Å²) in [5.74, 6) is 0.752. The van der Waals surface area contributed by atoms with Gasteiger partial charge in [0.05, 0.1) is 12.0 Å². The van der Waals surface area contributed by atoms with Crippen LogP contribution in [0, 0.1) is 0 Å². The first-order valence-corrected chi connectivity index (χ1v) is 9.20. The van der Waals surface area contributed by atoms with E-state index < -0.39 is 5.60 Å². The molecule has 4 nitrogen and oxygen atoms in total. The van der Waals surface area contributed by atoms with E-state index in [0.717, 1.165) is 32.1 Å². The molecule has 0 saturated heterocycles. The van der Waals surface area contributed by atoms with Crippen LogP contribution in [0.2, 0.25) is 0 Å². The zero-order valence-corrected chi connectivity index (χ0v) is 14.7. The van der Waals surface area contributed by atoms with E-state index >= 15 is 0 Å². The van der Waals surface area contributed by atoms with Gasteiger partial charge in [0.1, 0.15) is 17.1 Å². The summed E-state index contributed by atoms with van der Waals surface area (Å²) >= 11 is 0. The van der Waals surface area contributed by atoms with Crippen molar-refractivity contribution in [2.45, 2.75) is 76.7 Å². The second-order valence-corrected chi connectivity index (χ2v) is 7.13. The van der Waals surface area contributed by atoms with Gasteiger partial charge in [-0.3, -0.25) is 4.79 Å². The number of carbonyl (C=O) groups excluding carboxylic acids is 1. The molecule has 2 rings (SSSR count). The molecule has 0 radical (unpaired) electrons. The minimum absolute atomic E-state index is 0.0542. The summed E-state index contributed by atoms with van der Waals surface area (Å²) in [7, 11) is 0. The summed E-state index contributed by atoms with van der Waals surface area (Å²) in [6.45, 7) is 2.32. The Labute approximate surface area is 144 Å². The molecule has 0 aliphatic carbocycles. The number of aliphatic hydroxyl groups is 1. The molecular formula is C20H30O4. The van der Waals surface area contributed by atoms with Crippen LogP contribution in [0.25, 0.3) is 0 Å². The molecule has 1 unspecified atom stereocenters. The molecular weight excluding hydrogens is 304 g/mol. The van der Waals surface area contributed by atoms with Crippen molar-refractivity contribution in [3.8, 4) is 11.5 Å². The smallest absolute Gasteiger partial charge is 0.170 e. The molecule has 0 spiro atoms. The molecule has 1 aromatic rings. The highest BCUT2D eigenvalue weighted by atomic mass is 16.5. The van der Waals surface area contributed by atoms with Gasteiger partial charge < -0.3 is 14.9 Å². The fraction of sp³-hybridized carbons (Fsp3) is 0.650. The fourth-order valence-corrected chi connectivity index (χ4v) is 3.37. The summed E-state index contributed by atoms with van der Waals surface area (Å²) < 4.78 is 6.06. The molecule has 1 aromatic carbocycles. The number of unbranched alkanes of at least 4 members (excludes halogenated alkanes) is 7. The zero-order valence-electron chi connectivity index (χ0n) is 14.7. The normalized spacial score (nSPS) is 19.8. The number of ketones is 1. The van der Waals surface area contributed by atoms with Crippen molar-refractivity contribution in [2.24, 2.45) is 0 Å². The van der Waals surface area contributed by atoms with E-state index in [-0.39, 0.29) is 11.5 Å². The van der Waals surface area contributed by atoms with Crippen LogP contribution < -0.4 is 4.74 Å².